The number of carbonyl (C=O) groups is 1. The Morgan fingerprint density at radius 3 is 2.90 bits per heavy atom. The minimum atomic E-state index is -0.557. The summed E-state index contributed by atoms with van der Waals surface area (Å²) in [5.41, 5.74) is -0.557. The predicted octanol–water partition coefficient (Wildman–Crippen LogP) is 1.52. The number of hydrogen-bond donors (Lipinski definition) is 0. The van der Waals surface area contributed by atoms with Crippen LogP contribution in [0.1, 0.15) is 38.5 Å². The molecule has 1 aliphatic rings. The molecule has 0 unspecified atom stereocenters. The molecule has 118 valence electrons. The maximum absolute atomic E-state index is 12.3. The zero-order valence-corrected chi connectivity index (χ0v) is 12.8. The standard InChI is InChI=1S/C13H21N3O5/c1-13(2,3)20-12(17)16-5-6-19-7-9(16)11-14-10(8-18-4)21-15-11/h9H,5-8H2,1-4H3/t9-/m0/s1. The molecule has 1 saturated heterocycles. The van der Waals surface area contributed by atoms with E-state index >= 15 is 0 Å². The van der Waals surface area contributed by atoms with Gasteiger partial charge < -0.3 is 18.7 Å². The van der Waals surface area contributed by atoms with E-state index in [4.69, 9.17) is 18.7 Å². The molecular weight excluding hydrogens is 278 g/mol. The summed E-state index contributed by atoms with van der Waals surface area (Å²) in [5, 5.41) is 3.89. The Bertz CT molecular complexity index is 482. The molecule has 1 aromatic rings. The summed E-state index contributed by atoms with van der Waals surface area (Å²) in [6.45, 7) is 6.90. The first kappa shape index (κ1) is 15.7. The molecule has 1 fully saturated rings. The SMILES string of the molecule is COCc1nc([C@@H]2COCCN2C(=O)OC(C)(C)C)no1. The highest BCUT2D eigenvalue weighted by Gasteiger charge is 2.34. The van der Waals surface area contributed by atoms with Crippen LogP contribution in [0.25, 0.3) is 0 Å². The topological polar surface area (TPSA) is 86.9 Å². The summed E-state index contributed by atoms with van der Waals surface area (Å²) >= 11 is 0. The molecule has 8 heteroatoms. The Labute approximate surface area is 123 Å². The second-order valence-electron chi connectivity index (χ2n) is 5.74. The molecule has 0 aliphatic carbocycles. The number of amides is 1. The highest BCUT2D eigenvalue weighted by atomic mass is 16.6. The van der Waals surface area contributed by atoms with Crippen molar-refractivity contribution >= 4 is 6.09 Å². The van der Waals surface area contributed by atoms with Crippen molar-refractivity contribution in [2.45, 2.75) is 39.0 Å². The highest BCUT2D eigenvalue weighted by molar-refractivity contribution is 5.68. The van der Waals surface area contributed by atoms with Gasteiger partial charge >= 0.3 is 6.09 Å². The van der Waals surface area contributed by atoms with Crippen molar-refractivity contribution in [3.8, 4) is 0 Å². The lowest BCUT2D eigenvalue weighted by molar-refractivity contribution is -0.0354. The predicted molar refractivity (Wildman–Crippen MR) is 71.5 cm³/mol. The second kappa shape index (κ2) is 6.40. The number of aromatic nitrogens is 2. The van der Waals surface area contributed by atoms with Gasteiger partial charge in [-0.15, -0.1) is 0 Å². The first-order chi connectivity index (χ1) is 9.90. The summed E-state index contributed by atoms with van der Waals surface area (Å²) in [5.74, 6) is 0.759. The Balaban J connectivity index is 2.12. The fourth-order valence-corrected chi connectivity index (χ4v) is 1.94. The minimum Gasteiger partial charge on any atom is -0.444 e. The van der Waals surface area contributed by atoms with Crippen LogP contribution < -0.4 is 0 Å². The third-order valence-corrected chi connectivity index (χ3v) is 2.81. The van der Waals surface area contributed by atoms with E-state index in [2.05, 4.69) is 10.1 Å². The molecule has 21 heavy (non-hydrogen) atoms. The molecule has 0 radical (unpaired) electrons. The molecule has 0 bridgehead atoms. The lowest BCUT2D eigenvalue weighted by atomic mass is 10.2. The molecule has 0 aromatic carbocycles. The maximum atomic E-state index is 12.3. The summed E-state index contributed by atoms with van der Waals surface area (Å²) < 4.78 is 20.8. The van der Waals surface area contributed by atoms with Gasteiger partial charge in [-0.25, -0.2) is 4.79 Å². The van der Waals surface area contributed by atoms with Crippen LogP contribution in [0.3, 0.4) is 0 Å². The van der Waals surface area contributed by atoms with Crippen molar-refractivity contribution in [3.05, 3.63) is 11.7 Å². The molecule has 2 rings (SSSR count). The van der Waals surface area contributed by atoms with Crippen LogP contribution in [0.2, 0.25) is 0 Å². The van der Waals surface area contributed by atoms with Gasteiger partial charge in [0.2, 0.25) is 0 Å². The lowest BCUT2D eigenvalue weighted by Crippen LogP contribution is -2.46. The average molecular weight is 299 g/mol. The molecule has 8 nitrogen and oxygen atoms in total. The van der Waals surface area contributed by atoms with Gasteiger partial charge in [-0.2, -0.15) is 4.98 Å². The number of nitrogens with zero attached hydrogens (tertiary/aromatic N) is 3. The minimum absolute atomic E-state index is 0.229. The fourth-order valence-electron chi connectivity index (χ4n) is 1.94. The van der Waals surface area contributed by atoms with E-state index in [-0.39, 0.29) is 6.61 Å². The normalized spacial score (nSPS) is 19.6. The van der Waals surface area contributed by atoms with E-state index < -0.39 is 17.7 Å². The van der Waals surface area contributed by atoms with Crippen LogP contribution in [0, 0.1) is 0 Å². The van der Waals surface area contributed by atoms with E-state index in [0.29, 0.717) is 31.5 Å². The van der Waals surface area contributed by atoms with Gasteiger partial charge in [0.15, 0.2) is 5.82 Å². The van der Waals surface area contributed by atoms with Crippen molar-refractivity contribution in [3.63, 3.8) is 0 Å². The molecule has 1 atom stereocenters. The van der Waals surface area contributed by atoms with Gasteiger partial charge in [0.05, 0.1) is 13.2 Å². The number of morpholine rings is 1. The zero-order chi connectivity index (χ0) is 15.5. The first-order valence-electron chi connectivity index (χ1n) is 6.79. The fraction of sp³-hybridized carbons (Fsp3) is 0.769. The van der Waals surface area contributed by atoms with Gasteiger partial charge in [-0.3, -0.25) is 4.90 Å². The lowest BCUT2D eigenvalue weighted by Gasteiger charge is -2.34. The number of rotatable bonds is 3. The van der Waals surface area contributed by atoms with Gasteiger partial charge in [0.1, 0.15) is 18.2 Å². The Kier molecular flexibility index (Phi) is 4.79. The van der Waals surface area contributed by atoms with Gasteiger partial charge in [-0.05, 0) is 20.8 Å². The molecule has 2 heterocycles. The van der Waals surface area contributed by atoms with Crippen LogP contribution in [-0.4, -0.2) is 53.6 Å². The quantitative estimate of drug-likeness (QED) is 0.836. The largest absolute Gasteiger partial charge is 0.444 e. The monoisotopic (exact) mass is 299 g/mol. The summed E-state index contributed by atoms with van der Waals surface area (Å²) in [6.07, 6.45) is -0.408. The van der Waals surface area contributed by atoms with E-state index in [0.717, 1.165) is 0 Å². The number of methoxy groups -OCH3 is 1. The van der Waals surface area contributed by atoms with E-state index in [1.54, 1.807) is 12.0 Å². The number of hydrogen-bond acceptors (Lipinski definition) is 7. The van der Waals surface area contributed by atoms with Crippen molar-refractivity contribution in [2.75, 3.05) is 26.9 Å². The van der Waals surface area contributed by atoms with Gasteiger partial charge in [0.25, 0.3) is 5.89 Å². The summed E-state index contributed by atoms with van der Waals surface area (Å²) in [4.78, 5) is 18.1. The van der Waals surface area contributed by atoms with Crippen molar-refractivity contribution in [2.24, 2.45) is 0 Å². The molecule has 0 N–H and O–H groups in total. The van der Waals surface area contributed by atoms with E-state index in [9.17, 15) is 4.79 Å². The van der Waals surface area contributed by atoms with E-state index in [1.807, 2.05) is 20.8 Å². The van der Waals surface area contributed by atoms with Crippen LogP contribution in [0.5, 0.6) is 0 Å². The van der Waals surface area contributed by atoms with Gasteiger partial charge in [0, 0.05) is 13.7 Å². The van der Waals surface area contributed by atoms with Crippen molar-refractivity contribution in [1.82, 2.24) is 15.0 Å². The second-order valence-corrected chi connectivity index (χ2v) is 5.74. The molecule has 1 aromatic heterocycles. The molecule has 1 amide bonds. The highest BCUT2D eigenvalue weighted by Crippen LogP contribution is 2.24. The third-order valence-electron chi connectivity index (χ3n) is 2.81. The number of ether oxygens (including phenoxy) is 3. The Morgan fingerprint density at radius 1 is 1.48 bits per heavy atom. The molecular formula is C13H21N3O5. The van der Waals surface area contributed by atoms with Crippen molar-refractivity contribution < 1.29 is 23.5 Å². The maximum Gasteiger partial charge on any atom is 0.411 e. The number of carbonyl (C=O) groups excluding carboxylic acids is 1. The van der Waals surface area contributed by atoms with E-state index in [1.165, 1.54) is 0 Å². The van der Waals surface area contributed by atoms with Crippen LogP contribution in [0.15, 0.2) is 4.52 Å². The Hall–Kier alpha value is -1.67. The molecule has 0 spiro atoms. The average Bonchev–Trinajstić information content (AvgIpc) is 2.86. The summed E-state index contributed by atoms with van der Waals surface area (Å²) in [6, 6.07) is -0.414. The smallest absolute Gasteiger partial charge is 0.411 e. The van der Waals surface area contributed by atoms with Gasteiger partial charge in [-0.1, -0.05) is 5.16 Å². The molecule has 1 aliphatic heterocycles. The van der Waals surface area contributed by atoms with Crippen LogP contribution in [0.4, 0.5) is 4.79 Å². The molecule has 0 saturated carbocycles. The summed E-state index contributed by atoms with van der Waals surface area (Å²) in [7, 11) is 1.54. The zero-order valence-electron chi connectivity index (χ0n) is 12.8. The first-order valence-corrected chi connectivity index (χ1v) is 6.79. The third kappa shape index (κ3) is 4.15. The van der Waals surface area contributed by atoms with Crippen LogP contribution >= 0.6 is 0 Å². The van der Waals surface area contributed by atoms with Crippen molar-refractivity contribution in [1.29, 1.82) is 0 Å². The van der Waals surface area contributed by atoms with Crippen LogP contribution in [-0.2, 0) is 20.8 Å². The Morgan fingerprint density at radius 2 is 2.24 bits per heavy atom.